The summed E-state index contributed by atoms with van der Waals surface area (Å²) < 4.78 is 6.23. The van der Waals surface area contributed by atoms with Crippen molar-refractivity contribution < 1.29 is 19.4 Å². The maximum atomic E-state index is 13.5. The zero-order valence-electron chi connectivity index (χ0n) is 21.3. The molecule has 1 fully saturated rings. The van der Waals surface area contributed by atoms with Crippen LogP contribution in [0.5, 0.6) is 5.75 Å². The lowest BCUT2D eigenvalue weighted by Crippen LogP contribution is -2.29. The highest BCUT2D eigenvalue weighted by molar-refractivity contribution is 7.22. The fourth-order valence-electron chi connectivity index (χ4n) is 4.51. The number of methoxy groups -OCH3 is 1. The first-order valence-corrected chi connectivity index (χ1v) is 12.7. The largest absolute Gasteiger partial charge is 0.507 e. The molecule has 1 aliphatic rings. The van der Waals surface area contributed by atoms with Gasteiger partial charge in [0.25, 0.3) is 5.78 Å². The highest BCUT2D eigenvalue weighted by Gasteiger charge is 2.48. The van der Waals surface area contributed by atoms with Gasteiger partial charge in [-0.15, -0.1) is 0 Å². The van der Waals surface area contributed by atoms with E-state index < -0.39 is 17.7 Å². The van der Waals surface area contributed by atoms with Gasteiger partial charge >= 0.3 is 5.91 Å². The van der Waals surface area contributed by atoms with Gasteiger partial charge in [-0.25, -0.2) is 4.98 Å². The number of aliphatic hydroxyl groups is 1. The van der Waals surface area contributed by atoms with Gasteiger partial charge in [0.15, 0.2) is 5.13 Å². The number of aromatic nitrogens is 2. The number of hydrogen-bond acceptors (Lipinski definition) is 7. The maximum absolute atomic E-state index is 13.5. The number of carbonyl (C=O) groups excluding carboxylic acids is 2. The number of thiazole rings is 1. The van der Waals surface area contributed by atoms with Crippen molar-refractivity contribution in [2.75, 3.05) is 12.0 Å². The second kappa shape index (κ2) is 9.12. The average molecular weight is 514 g/mol. The number of nitrogens with zero attached hydrogens (tertiary/aromatic N) is 3. The Balaban J connectivity index is 1.69. The monoisotopic (exact) mass is 513 g/mol. The summed E-state index contributed by atoms with van der Waals surface area (Å²) >= 11 is 1.34. The van der Waals surface area contributed by atoms with Gasteiger partial charge in [-0.3, -0.25) is 19.5 Å². The number of pyridine rings is 1. The van der Waals surface area contributed by atoms with Crippen LogP contribution in [-0.2, 0) is 15.0 Å². The van der Waals surface area contributed by atoms with Gasteiger partial charge < -0.3 is 9.84 Å². The Labute approximate surface area is 219 Å². The van der Waals surface area contributed by atoms with Crippen LogP contribution in [0.3, 0.4) is 0 Å². The molecule has 1 amide bonds. The Bertz CT molecular complexity index is 1570. The minimum absolute atomic E-state index is 0.0251. The molecule has 7 nitrogen and oxygen atoms in total. The van der Waals surface area contributed by atoms with Crippen LogP contribution < -0.4 is 9.64 Å². The van der Waals surface area contributed by atoms with E-state index >= 15 is 0 Å². The fourth-order valence-corrected chi connectivity index (χ4v) is 5.54. The molecule has 1 atom stereocenters. The Morgan fingerprint density at radius 1 is 1.08 bits per heavy atom. The van der Waals surface area contributed by atoms with Crippen molar-refractivity contribution in [3.63, 3.8) is 0 Å². The molecule has 5 rings (SSSR count). The number of benzene rings is 2. The molecular formula is C29H27N3O4S. The lowest BCUT2D eigenvalue weighted by molar-refractivity contribution is -0.132. The zero-order chi connectivity index (χ0) is 26.5. The number of rotatable bonds is 4. The minimum atomic E-state index is -0.925. The van der Waals surface area contributed by atoms with E-state index in [1.54, 1.807) is 49.7 Å². The molecule has 1 unspecified atom stereocenters. The number of Topliss-reactive ketones (excluding diaryl/α,β-unsaturated/α-hetero) is 1. The van der Waals surface area contributed by atoms with Gasteiger partial charge in [0.05, 0.1) is 28.6 Å². The van der Waals surface area contributed by atoms with Gasteiger partial charge in [0.2, 0.25) is 0 Å². The molecule has 8 heteroatoms. The van der Waals surface area contributed by atoms with Gasteiger partial charge in [0.1, 0.15) is 17.6 Å². The third kappa shape index (κ3) is 4.27. The predicted molar refractivity (Wildman–Crippen MR) is 145 cm³/mol. The smallest absolute Gasteiger partial charge is 0.301 e. The number of amides is 1. The molecule has 2 aromatic carbocycles. The van der Waals surface area contributed by atoms with Crippen LogP contribution in [0.1, 0.15) is 49.2 Å². The molecule has 0 saturated carbocycles. The lowest BCUT2D eigenvalue weighted by atomic mass is 9.87. The van der Waals surface area contributed by atoms with E-state index in [4.69, 9.17) is 9.72 Å². The van der Waals surface area contributed by atoms with E-state index in [1.165, 1.54) is 16.2 Å². The molecule has 0 bridgehead atoms. The van der Waals surface area contributed by atoms with E-state index in [0.717, 1.165) is 21.3 Å². The maximum Gasteiger partial charge on any atom is 0.301 e. The van der Waals surface area contributed by atoms with E-state index in [-0.39, 0.29) is 16.7 Å². The third-order valence-corrected chi connectivity index (χ3v) is 7.55. The summed E-state index contributed by atoms with van der Waals surface area (Å²) in [7, 11) is 1.57. The number of carbonyl (C=O) groups is 2. The molecule has 2 aromatic heterocycles. The number of aliphatic hydroxyl groups excluding tert-OH is 1. The first-order chi connectivity index (χ1) is 17.6. The van der Waals surface area contributed by atoms with Crippen molar-refractivity contribution in [3.8, 4) is 5.75 Å². The molecule has 188 valence electrons. The summed E-state index contributed by atoms with van der Waals surface area (Å²) in [5.41, 5.74) is 3.47. The fraction of sp³-hybridized carbons (Fsp3) is 0.241. The van der Waals surface area contributed by atoms with E-state index in [1.807, 2.05) is 19.1 Å². The van der Waals surface area contributed by atoms with Crippen molar-refractivity contribution >= 4 is 44.1 Å². The van der Waals surface area contributed by atoms with Gasteiger partial charge in [-0.2, -0.15) is 0 Å². The van der Waals surface area contributed by atoms with Crippen LogP contribution >= 0.6 is 11.3 Å². The number of ketones is 1. The molecule has 37 heavy (non-hydrogen) atoms. The van der Waals surface area contributed by atoms with Gasteiger partial charge in [-0.1, -0.05) is 44.2 Å². The summed E-state index contributed by atoms with van der Waals surface area (Å²) in [5.74, 6) is -1.14. The molecule has 0 aliphatic carbocycles. The summed E-state index contributed by atoms with van der Waals surface area (Å²) in [6.07, 6.45) is 1.60. The van der Waals surface area contributed by atoms with Gasteiger partial charge in [-0.05, 0) is 65.9 Å². The van der Waals surface area contributed by atoms with Crippen molar-refractivity contribution in [2.24, 2.45) is 0 Å². The average Bonchev–Trinajstić information content (AvgIpc) is 3.41. The number of aryl methyl sites for hydroxylation is 1. The summed E-state index contributed by atoms with van der Waals surface area (Å²) in [6.45, 7) is 8.25. The first kappa shape index (κ1) is 24.6. The molecule has 4 aromatic rings. The van der Waals surface area contributed by atoms with Crippen molar-refractivity contribution in [3.05, 3.63) is 88.8 Å². The number of hydrogen-bond donors (Lipinski definition) is 1. The molecule has 0 spiro atoms. The summed E-state index contributed by atoms with van der Waals surface area (Å²) in [4.78, 5) is 37.4. The normalized spacial score (nSPS) is 17.5. The highest BCUT2D eigenvalue weighted by atomic mass is 32.1. The predicted octanol–water partition coefficient (Wildman–Crippen LogP) is 5.93. The Morgan fingerprint density at radius 3 is 2.51 bits per heavy atom. The number of ether oxygens (including phenoxy) is 1. The van der Waals surface area contributed by atoms with Crippen molar-refractivity contribution in [1.82, 2.24) is 9.97 Å². The first-order valence-electron chi connectivity index (χ1n) is 11.9. The summed E-state index contributed by atoms with van der Waals surface area (Å²) in [6, 6.07) is 15.5. The van der Waals surface area contributed by atoms with E-state index in [9.17, 15) is 14.7 Å². The third-order valence-electron chi connectivity index (χ3n) is 6.53. The Morgan fingerprint density at radius 2 is 1.86 bits per heavy atom. The second-order valence-electron chi connectivity index (χ2n) is 10.0. The van der Waals surface area contributed by atoms with Crippen LogP contribution in [0.25, 0.3) is 16.0 Å². The zero-order valence-corrected chi connectivity index (χ0v) is 22.1. The van der Waals surface area contributed by atoms with Crippen LogP contribution in [-0.4, -0.2) is 33.9 Å². The van der Waals surface area contributed by atoms with Crippen molar-refractivity contribution in [2.45, 2.75) is 39.2 Å². The topological polar surface area (TPSA) is 92.6 Å². The van der Waals surface area contributed by atoms with Crippen LogP contribution in [0.2, 0.25) is 0 Å². The van der Waals surface area contributed by atoms with E-state index in [0.29, 0.717) is 22.1 Å². The van der Waals surface area contributed by atoms with Crippen LogP contribution in [0, 0.1) is 6.92 Å². The SMILES string of the molecule is COc1ccc(/C(O)=C2\C(=O)C(=O)N(c3nc4ccc(C(C)(C)C)cc4s3)C2c2ccccn2)cc1C. The molecule has 3 heterocycles. The van der Waals surface area contributed by atoms with Crippen LogP contribution in [0.4, 0.5) is 5.13 Å². The second-order valence-corrected chi connectivity index (χ2v) is 11.0. The van der Waals surface area contributed by atoms with E-state index in [2.05, 4.69) is 31.8 Å². The molecule has 1 saturated heterocycles. The quantitative estimate of drug-likeness (QED) is 0.207. The molecule has 1 N–H and O–H groups in total. The van der Waals surface area contributed by atoms with Crippen molar-refractivity contribution in [1.29, 1.82) is 0 Å². The minimum Gasteiger partial charge on any atom is -0.507 e. The Kier molecular flexibility index (Phi) is 6.07. The lowest BCUT2D eigenvalue weighted by Gasteiger charge is -2.22. The Hall–Kier alpha value is -4.04. The van der Waals surface area contributed by atoms with Crippen LogP contribution in [0.15, 0.2) is 66.4 Å². The summed E-state index contributed by atoms with van der Waals surface area (Å²) in [5, 5.41) is 11.7. The van der Waals surface area contributed by atoms with Gasteiger partial charge in [0, 0.05) is 11.8 Å². The number of fused-ring (bicyclic) bond motifs is 1. The molecule has 0 radical (unpaired) electrons. The highest BCUT2D eigenvalue weighted by Crippen LogP contribution is 2.44. The number of anilines is 1. The molecular weight excluding hydrogens is 486 g/mol. The standard InChI is InChI=1S/C29H27N3O4S/c1-16-14-17(9-12-21(16)36-5)25(33)23-24(20-8-6-7-13-30-20)32(27(35)26(23)34)28-31-19-11-10-18(29(2,3)4)15-22(19)37-28/h6-15,24,33H,1-5H3/b25-23+. The molecule has 1 aliphatic heterocycles.